The molecule has 0 N–H and O–H groups in total. The number of amides is 1. The Morgan fingerprint density at radius 2 is 2.08 bits per heavy atom. The quantitative estimate of drug-likeness (QED) is 0.726. The van der Waals surface area contributed by atoms with Crippen LogP contribution in [0.4, 0.5) is 0 Å². The summed E-state index contributed by atoms with van der Waals surface area (Å²) in [7, 11) is 4.06. The lowest BCUT2D eigenvalue weighted by molar-refractivity contribution is 0.0529. The van der Waals surface area contributed by atoms with Crippen LogP contribution in [0.2, 0.25) is 0 Å². The highest BCUT2D eigenvalue weighted by Crippen LogP contribution is 2.26. The zero-order valence-electron chi connectivity index (χ0n) is 13.8. The molecule has 3 heterocycles. The lowest BCUT2D eigenvalue weighted by Crippen LogP contribution is -2.49. The van der Waals surface area contributed by atoms with Crippen molar-refractivity contribution < 1.29 is 9.21 Å². The number of aryl methyl sites for hydroxylation is 1. The first kappa shape index (κ1) is 15.0. The summed E-state index contributed by atoms with van der Waals surface area (Å²) in [5, 5.41) is 0.870. The van der Waals surface area contributed by atoms with Gasteiger partial charge in [-0.1, -0.05) is 18.2 Å². The van der Waals surface area contributed by atoms with Crippen LogP contribution >= 0.6 is 0 Å². The lowest BCUT2D eigenvalue weighted by atomic mass is 10.1. The number of piperazine rings is 1. The Morgan fingerprint density at radius 1 is 1.25 bits per heavy atom. The number of nitrogens with zero attached hydrogens (tertiary/aromatic N) is 4. The SMILES string of the molecule is CN1CCN(C(=O)c2coc3ccccc23)C[C@H]1c1nccn1C. The van der Waals surface area contributed by atoms with Gasteiger partial charge in [0.2, 0.25) is 0 Å². The Morgan fingerprint density at radius 3 is 2.88 bits per heavy atom. The van der Waals surface area contributed by atoms with Crippen LogP contribution in [0.3, 0.4) is 0 Å². The number of carbonyl (C=O) groups excluding carboxylic acids is 1. The highest BCUT2D eigenvalue weighted by molar-refractivity contribution is 6.05. The highest BCUT2D eigenvalue weighted by atomic mass is 16.3. The molecule has 1 saturated heterocycles. The summed E-state index contributed by atoms with van der Waals surface area (Å²) in [6.45, 7) is 2.15. The second-order valence-corrected chi connectivity index (χ2v) is 6.29. The largest absolute Gasteiger partial charge is 0.463 e. The first-order valence-electron chi connectivity index (χ1n) is 8.08. The Hall–Kier alpha value is -2.60. The molecule has 0 unspecified atom stereocenters. The number of likely N-dealkylation sites (N-methyl/N-ethyl adjacent to an activating group) is 1. The molecule has 4 rings (SSSR count). The third-order valence-electron chi connectivity index (χ3n) is 4.80. The molecule has 1 aliphatic heterocycles. The Labute approximate surface area is 140 Å². The van der Waals surface area contributed by atoms with E-state index in [4.69, 9.17) is 4.42 Å². The summed E-state index contributed by atoms with van der Waals surface area (Å²) in [4.78, 5) is 21.6. The van der Waals surface area contributed by atoms with Crippen molar-refractivity contribution in [3.63, 3.8) is 0 Å². The van der Waals surface area contributed by atoms with Gasteiger partial charge in [0.25, 0.3) is 5.91 Å². The summed E-state index contributed by atoms with van der Waals surface area (Å²) in [5.74, 6) is 0.999. The summed E-state index contributed by atoms with van der Waals surface area (Å²) in [5.41, 5.74) is 1.38. The van der Waals surface area contributed by atoms with Crippen molar-refractivity contribution in [1.82, 2.24) is 19.4 Å². The fourth-order valence-corrected chi connectivity index (χ4v) is 3.35. The predicted octanol–water partition coefficient (Wildman–Crippen LogP) is 2.30. The monoisotopic (exact) mass is 324 g/mol. The molecule has 124 valence electrons. The van der Waals surface area contributed by atoms with Crippen LogP contribution < -0.4 is 0 Å². The van der Waals surface area contributed by atoms with E-state index < -0.39 is 0 Å². The van der Waals surface area contributed by atoms with Crippen LogP contribution in [0.15, 0.2) is 47.3 Å². The van der Waals surface area contributed by atoms with Gasteiger partial charge in [-0.2, -0.15) is 0 Å². The number of furan rings is 1. The van der Waals surface area contributed by atoms with E-state index in [9.17, 15) is 4.79 Å². The first-order chi connectivity index (χ1) is 11.6. The number of rotatable bonds is 2. The van der Waals surface area contributed by atoms with Gasteiger partial charge in [0, 0.05) is 44.5 Å². The smallest absolute Gasteiger partial charge is 0.257 e. The first-order valence-corrected chi connectivity index (χ1v) is 8.08. The second kappa shape index (κ2) is 5.79. The molecule has 1 atom stereocenters. The fraction of sp³-hybridized carbons (Fsp3) is 0.333. The number of para-hydroxylation sites is 1. The molecule has 1 aromatic carbocycles. The van der Waals surface area contributed by atoms with Crippen molar-refractivity contribution in [1.29, 1.82) is 0 Å². The Kier molecular flexibility index (Phi) is 3.61. The van der Waals surface area contributed by atoms with Crippen molar-refractivity contribution in [3.8, 4) is 0 Å². The van der Waals surface area contributed by atoms with Gasteiger partial charge in [0.1, 0.15) is 17.7 Å². The molecular formula is C18H20N4O2. The van der Waals surface area contributed by atoms with E-state index in [-0.39, 0.29) is 11.9 Å². The molecule has 0 saturated carbocycles. The van der Waals surface area contributed by atoms with Gasteiger partial charge in [0.15, 0.2) is 0 Å². The number of carbonyl (C=O) groups is 1. The van der Waals surface area contributed by atoms with E-state index in [1.807, 2.05) is 47.0 Å². The fourth-order valence-electron chi connectivity index (χ4n) is 3.35. The van der Waals surface area contributed by atoms with Crippen molar-refractivity contribution in [2.45, 2.75) is 6.04 Å². The number of aromatic nitrogens is 2. The third-order valence-corrected chi connectivity index (χ3v) is 4.80. The molecule has 1 aliphatic rings. The minimum Gasteiger partial charge on any atom is -0.463 e. The minimum atomic E-state index is 0.0206. The normalized spacial score (nSPS) is 19.1. The molecule has 3 aromatic rings. The Bertz CT molecular complexity index is 882. The molecule has 6 nitrogen and oxygen atoms in total. The van der Waals surface area contributed by atoms with Gasteiger partial charge in [-0.25, -0.2) is 4.98 Å². The van der Waals surface area contributed by atoms with Crippen LogP contribution in [0.5, 0.6) is 0 Å². The zero-order valence-corrected chi connectivity index (χ0v) is 13.8. The number of fused-ring (bicyclic) bond motifs is 1. The van der Waals surface area contributed by atoms with E-state index in [1.54, 1.807) is 12.5 Å². The van der Waals surface area contributed by atoms with E-state index in [1.165, 1.54) is 0 Å². The van der Waals surface area contributed by atoms with Crippen LogP contribution in [0.25, 0.3) is 11.0 Å². The molecular weight excluding hydrogens is 304 g/mol. The van der Waals surface area contributed by atoms with Gasteiger partial charge in [0.05, 0.1) is 11.6 Å². The van der Waals surface area contributed by atoms with Crippen LogP contribution in [0, 0.1) is 0 Å². The molecule has 6 heteroatoms. The van der Waals surface area contributed by atoms with E-state index in [2.05, 4.69) is 16.9 Å². The second-order valence-electron chi connectivity index (χ2n) is 6.29. The number of benzene rings is 1. The van der Waals surface area contributed by atoms with Crippen molar-refractivity contribution in [3.05, 3.63) is 54.3 Å². The van der Waals surface area contributed by atoms with Gasteiger partial charge < -0.3 is 13.9 Å². The van der Waals surface area contributed by atoms with E-state index in [0.29, 0.717) is 18.7 Å². The standard InChI is InChI=1S/C18H20N4O2/c1-20-9-10-22(11-15(20)17-19-7-8-21(17)2)18(23)14-12-24-16-6-4-3-5-13(14)16/h3-8,12,15H,9-11H2,1-2H3/t15-/m0/s1. The van der Waals surface area contributed by atoms with Crippen molar-refractivity contribution in [2.24, 2.45) is 7.05 Å². The van der Waals surface area contributed by atoms with Gasteiger partial charge >= 0.3 is 0 Å². The molecule has 0 aliphatic carbocycles. The summed E-state index contributed by atoms with van der Waals surface area (Å²) in [6.07, 6.45) is 5.31. The van der Waals surface area contributed by atoms with Crippen LogP contribution in [-0.2, 0) is 7.05 Å². The molecule has 1 fully saturated rings. The maximum atomic E-state index is 13.0. The van der Waals surface area contributed by atoms with Gasteiger partial charge in [-0.15, -0.1) is 0 Å². The lowest BCUT2D eigenvalue weighted by Gasteiger charge is -2.38. The van der Waals surface area contributed by atoms with Crippen LogP contribution in [-0.4, -0.2) is 51.9 Å². The summed E-state index contributed by atoms with van der Waals surface area (Å²) in [6, 6.07) is 7.74. The van der Waals surface area contributed by atoms with E-state index >= 15 is 0 Å². The third kappa shape index (κ3) is 2.39. The van der Waals surface area contributed by atoms with Crippen LogP contribution in [0.1, 0.15) is 22.2 Å². The molecule has 0 bridgehead atoms. The van der Waals surface area contributed by atoms with Crippen molar-refractivity contribution in [2.75, 3.05) is 26.7 Å². The number of imidazole rings is 1. The summed E-state index contributed by atoms with van der Waals surface area (Å²) < 4.78 is 7.54. The number of hydrogen-bond acceptors (Lipinski definition) is 4. The van der Waals surface area contributed by atoms with Gasteiger partial charge in [-0.3, -0.25) is 9.69 Å². The summed E-state index contributed by atoms with van der Waals surface area (Å²) >= 11 is 0. The van der Waals surface area contributed by atoms with Gasteiger partial charge in [-0.05, 0) is 13.1 Å². The minimum absolute atomic E-state index is 0.0206. The average molecular weight is 324 g/mol. The zero-order chi connectivity index (χ0) is 16.7. The molecule has 2 aromatic heterocycles. The number of hydrogen-bond donors (Lipinski definition) is 0. The molecule has 24 heavy (non-hydrogen) atoms. The van der Waals surface area contributed by atoms with E-state index in [0.717, 1.165) is 23.3 Å². The average Bonchev–Trinajstić information content (AvgIpc) is 3.21. The predicted molar refractivity (Wildman–Crippen MR) is 90.7 cm³/mol. The van der Waals surface area contributed by atoms with Crippen molar-refractivity contribution >= 4 is 16.9 Å². The Balaban J connectivity index is 1.62. The molecule has 0 radical (unpaired) electrons. The molecule has 1 amide bonds. The topological polar surface area (TPSA) is 54.5 Å². The maximum Gasteiger partial charge on any atom is 0.257 e. The maximum absolute atomic E-state index is 13.0. The highest BCUT2D eigenvalue weighted by Gasteiger charge is 2.32. The molecule has 0 spiro atoms.